The second-order valence-corrected chi connectivity index (χ2v) is 8.27. The Bertz CT molecular complexity index is 900. The molecule has 0 aliphatic rings. The van der Waals surface area contributed by atoms with Crippen molar-refractivity contribution in [3.05, 3.63) is 65.2 Å². The van der Waals surface area contributed by atoms with Crippen molar-refractivity contribution in [3.63, 3.8) is 0 Å². The Morgan fingerprint density at radius 3 is 2.15 bits per heavy atom. The Morgan fingerprint density at radius 2 is 1.59 bits per heavy atom. The Labute approximate surface area is 159 Å². The molecule has 0 spiro atoms. The van der Waals surface area contributed by atoms with E-state index >= 15 is 0 Å². The summed E-state index contributed by atoms with van der Waals surface area (Å²) in [5, 5.41) is 0. The van der Waals surface area contributed by atoms with E-state index in [0.717, 1.165) is 11.1 Å². The molecule has 2 aromatic rings. The highest BCUT2D eigenvalue weighted by molar-refractivity contribution is 7.89. The van der Waals surface area contributed by atoms with Gasteiger partial charge in [-0.3, -0.25) is 9.59 Å². The van der Waals surface area contributed by atoms with Crippen LogP contribution in [-0.2, 0) is 19.6 Å². The third kappa shape index (κ3) is 6.01. The number of Topliss-reactive ketones (excluding diaryl/α,β-unsaturated/α-hetero) is 1. The van der Waals surface area contributed by atoms with E-state index in [1.54, 1.807) is 24.3 Å². The molecule has 144 valence electrons. The quantitative estimate of drug-likeness (QED) is 0.554. The van der Waals surface area contributed by atoms with E-state index in [0.29, 0.717) is 11.5 Å². The molecule has 0 saturated carbocycles. The van der Waals surface area contributed by atoms with Gasteiger partial charge in [-0.25, -0.2) is 8.42 Å². The maximum Gasteiger partial charge on any atom is 0.321 e. The third-order valence-electron chi connectivity index (χ3n) is 4.00. The molecule has 0 saturated heterocycles. The third-order valence-corrected chi connectivity index (χ3v) is 5.42. The minimum atomic E-state index is -3.81. The highest BCUT2D eigenvalue weighted by Crippen LogP contribution is 2.15. The summed E-state index contributed by atoms with van der Waals surface area (Å²) in [4.78, 5) is 23.9. The second-order valence-electron chi connectivity index (χ2n) is 6.50. The number of ether oxygens (including phenoxy) is 1. The molecular formula is C20H23NO5S. The zero-order valence-corrected chi connectivity index (χ0v) is 16.4. The average molecular weight is 389 g/mol. The molecule has 2 rings (SSSR count). The van der Waals surface area contributed by atoms with Crippen LogP contribution in [0.2, 0.25) is 0 Å². The summed E-state index contributed by atoms with van der Waals surface area (Å²) in [6.45, 7) is 4.96. The van der Waals surface area contributed by atoms with E-state index in [1.807, 2.05) is 19.1 Å². The number of rotatable bonds is 8. The van der Waals surface area contributed by atoms with Crippen molar-refractivity contribution in [3.8, 4) is 0 Å². The largest absolute Gasteiger partial charge is 0.456 e. The summed E-state index contributed by atoms with van der Waals surface area (Å²) in [5.74, 6) is -0.814. The molecule has 0 aliphatic carbocycles. The molecule has 0 unspecified atom stereocenters. The van der Waals surface area contributed by atoms with E-state index in [-0.39, 0.29) is 10.7 Å². The molecule has 0 amide bonds. The fraction of sp³-hybridized carbons (Fsp3) is 0.300. The first kappa shape index (κ1) is 20.8. The fourth-order valence-electron chi connectivity index (χ4n) is 2.29. The lowest BCUT2D eigenvalue weighted by molar-refractivity contribution is -0.141. The minimum absolute atomic E-state index is 0.0576. The lowest BCUT2D eigenvalue weighted by Crippen LogP contribution is -2.31. The van der Waals surface area contributed by atoms with Gasteiger partial charge < -0.3 is 4.74 Å². The van der Waals surface area contributed by atoms with Crippen LogP contribution in [0.15, 0.2) is 53.4 Å². The number of esters is 1. The first-order chi connectivity index (χ1) is 12.7. The van der Waals surface area contributed by atoms with E-state index in [2.05, 4.69) is 18.6 Å². The molecule has 1 N–H and O–H groups in total. The van der Waals surface area contributed by atoms with Crippen molar-refractivity contribution in [1.82, 2.24) is 4.72 Å². The van der Waals surface area contributed by atoms with Gasteiger partial charge in [0.25, 0.3) is 0 Å². The number of carbonyl (C=O) groups excluding carboxylic acids is 2. The molecule has 0 atom stereocenters. The number of ketones is 1. The molecule has 0 fully saturated rings. The Balaban J connectivity index is 1.85. The van der Waals surface area contributed by atoms with Crippen LogP contribution >= 0.6 is 0 Å². The average Bonchev–Trinajstić information content (AvgIpc) is 2.65. The van der Waals surface area contributed by atoms with Crippen LogP contribution in [0.1, 0.15) is 41.3 Å². The number of hydrogen-bond donors (Lipinski definition) is 1. The number of hydrogen-bond acceptors (Lipinski definition) is 5. The second kappa shape index (κ2) is 8.92. The highest BCUT2D eigenvalue weighted by atomic mass is 32.2. The first-order valence-electron chi connectivity index (χ1n) is 8.54. The summed E-state index contributed by atoms with van der Waals surface area (Å²) in [5.41, 5.74) is 2.47. The van der Waals surface area contributed by atoms with E-state index in [4.69, 9.17) is 4.74 Å². The number of nitrogens with one attached hydrogen (secondary N) is 1. The summed E-state index contributed by atoms with van der Waals surface area (Å²) in [7, 11) is -3.81. The molecule has 0 aliphatic heterocycles. The van der Waals surface area contributed by atoms with Crippen LogP contribution in [0, 0.1) is 6.92 Å². The predicted octanol–water partition coefficient (Wildman–Crippen LogP) is 2.82. The number of benzene rings is 2. The van der Waals surface area contributed by atoms with Gasteiger partial charge in [-0.05, 0) is 30.5 Å². The van der Waals surface area contributed by atoms with Gasteiger partial charge in [0.15, 0.2) is 12.4 Å². The minimum Gasteiger partial charge on any atom is -0.456 e. The van der Waals surface area contributed by atoms with E-state index < -0.39 is 29.1 Å². The smallest absolute Gasteiger partial charge is 0.321 e. The van der Waals surface area contributed by atoms with Gasteiger partial charge in [0.05, 0.1) is 4.90 Å². The molecule has 0 heterocycles. The summed E-state index contributed by atoms with van der Waals surface area (Å²) >= 11 is 0. The lowest BCUT2D eigenvalue weighted by Gasteiger charge is -2.08. The SMILES string of the molecule is Cc1ccc(S(=O)(=O)NCC(=O)OCC(=O)c2ccc(C(C)C)cc2)cc1. The van der Waals surface area contributed by atoms with Crippen molar-refractivity contribution in [1.29, 1.82) is 0 Å². The fourth-order valence-corrected chi connectivity index (χ4v) is 3.26. The lowest BCUT2D eigenvalue weighted by atomic mass is 10.0. The number of carbonyl (C=O) groups is 2. The number of aryl methyl sites for hydroxylation is 1. The van der Waals surface area contributed by atoms with Gasteiger partial charge in [0.2, 0.25) is 10.0 Å². The summed E-state index contributed by atoms with van der Waals surface area (Å²) in [6, 6.07) is 13.3. The predicted molar refractivity (Wildman–Crippen MR) is 102 cm³/mol. The number of sulfonamides is 1. The van der Waals surface area contributed by atoms with Crippen molar-refractivity contribution in [2.75, 3.05) is 13.2 Å². The van der Waals surface area contributed by atoms with Crippen LogP contribution in [0.5, 0.6) is 0 Å². The standard InChI is InChI=1S/C20H23NO5S/c1-14(2)16-6-8-17(9-7-16)19(22)13-26-20(23)12-21-27(24,25)18-10-4-15(3)5-11-18/h4-11,14,21H,12-13H2,1-3H3. The van der Waals surface area contributed by atoms with Gasteiger partial charge >= 0.3 is 5.97 Å². The van der Waals surface area contributed by atoms with Crippen molar-refractivity contribution >= 4 is 21.8 Å². The van der Waals surface area contributed by atoms with Gasteiger partial charge in [0.1, 0.15) is 6.54 Å². The van der Waals surface area contributed by atoms with Crippen molar-refractivity contribution in [2.24, 2.45) is 0 Å². The highest BCUT2D eigenvalue weighted by Gasteiger charge is 2.17. The van der Waals surface area contributed by atoms with E-state index in [1.165, 1.54) is 12.1 Å². The van der Waals surface area contributed by atoms with Crippen LogP contribution in [0.3, 0.4) is 0 Å². The molecule has 27 heavy (non-hydrogen) atoms. The topological polar surface area (TPSA) is 89.5 Å². The monoisotopic (exact) mass is 389 g/mol. The molecule has 0 aromatic heterocycles. The Kier molecular flexibility index (Phi) is 6.87. The van der Waals surface area contributed by atoms with Crippen LogP contribution < -0.4 is 4.72 Å². The molecule has 2 aromatic carbocycles. The van der Waals surface area contributed by atoms with Crippen molar-refractivity contribution in [2.45, 2.75) is 31.6 Å². The van der Waals surface area contributed by atoms with Gasteiger partial charge in [-0.1, -0.05) is 55.8 Å². The van der Waals surface area contributed by atoms with Crippen molar-refractivity contribution < 1.29 is 22.7 Å². The van der Waals surface area contributed by atoms with Crippen LogP contribution in [0.4, 0.5) is 0 Å². The summed E-state index contributed by atoms with van der Waals surface area (Å²) < 4.78 is 31.3. The Hall–Kier alpha value is -2.51. The maximum atomic E-state index is 12.1. The maximum absolute atomic E-state index is 12.1. The van der Waals surface area contributed by atoms with Crippen LogP contribution in [0.25, 0.3) is 0 Å². The molecule has 6 nitrogen and oxygen atoms in total. The normalized spacial score (nSPS) is 11.4. The zero-order valence-electron chi connectivity index (χ0n) is 15.6. The molecular weight excluding hydrogens is 366 g/mol. The van der Waals surface area contributed by atoms with Gasteiger partial charge in [-0.15, -0.1) is 0 Å². The summed E-state index contributed by atoms with van der Waals surface area (Å²) in [6.07, 6.45) is 0. The molecule has 0 radical (unpaired) electrons. The molecule has 0 bridgehead atoms. The van der Waals surface area contributed by atoms with Gasteiger partial charge in [-0.2, -0.15) is 4.72 Å². The van der Waals surface area contributed by atoms with Gasteiger partial charge in [0, 0.05) is 5.56 Å². The van der Waals surface area contributed by atoms with E-state index in [9.17, 15) is 18.0 Å². The molecule has 7 heteroatoms. The first-order valence-corrected chi connectivity index (χ1v) is 10.0. The zero-order chi connectivity index (χ0) is 20.0. The van der Waals surface area contributed by atoms with Crippen LogP contribution in [-0.4, -0.2) is 33.3 Å². The Morgan fingerprint density at radius 1 is 1.00 bits per heavy atom.